The van der Waals surface area contributed by atoms with Crippen molar-refractivity contribution in [3.63, 3.8) is 0 Å². The lowest BCUT2D eigenvalue weighted by molar-refractivity contribution is -0.0936. The number of piperidine rings is 1. The summed E-state index contributed by atoms with van der Waals surface area (Å²) in [5.41, 5.74) is 4.65. The molecule has 2 aliphatic rings. The molecule has 1 fully saturated rings. The largest absolute Gasteiger partial charge is 0.493 e. The molecule has 166 valence electrons. The summed E-state index contributed by atoms with van der Waals surface area (Å²) in [7, 11) is 3.31. The topological polar surface area (TPSA) is 76.7 Å². The third-order valence-corrected chi connectivity index (χ3v) is 6.65. The number of fused-ring (bicyclic) bond motifs is 2. The standard InChI is InChI=1S/C25H27N3O4/c1-30-22-13-18-6-11-32-25(21(18)14-23(22)31-2)7-9-28(10-8-25)24(29)19-5-3-4-17(12-19)20-15-26-27-16-20/h3-5,12-16H,6-11H2,1-2H3,(H,26,27). The molecule has 1 aromatic heterocycles. The van der Waals surface area contributed by atoms with E-state index in [-0.39, 0.29) is 11.5 Å². The molecule has 0 unspecified atom stereocenters. The summed E-state index contributed by atoms with van der Waals surface area (Å²) in [4.78, 5) is 15.2. The molecule has 7 heteroatoms. The number of hydrogen-bond donors (Lipinski definition) is 1. The van der Waals surface area contributed by atoms with E-state index in [4.69, 9.17) is 14.2 Å². The van der Waals surface area contributed by atoms with Crippen molar-refractivity contribution in [1.29, 1.82) is 0 Å². The van der Waals surface area contributed by atoms with E-state index in [9.17, 15) is 4.79 Å². The minimum Gasteiger partial charge on any atom is -0.493 e. The molecule has 1 saturated heterocycles. The summed E-state index contributed by atoms with van der Waals surface area (Å²) >= 11 is 0. The molecule has 0 atom stereocenters. The van der Waals surface area contributed by atoms with Gasteiger partial charge in [-0.25, -0.2) is 0 Å². The first-order chi connectivity index (χ1) is 15.6. The van der Waals surface area contributed by atoms with Crippen molar-refractivity contribution in [3.8, 4) is 22.6 Å². The number of nitrogens with zero attached hydrogens (tertiary/aromatic N) is 2. The van der Waals surface area contributed by atoms with E-state index in [2.05, 4.69) is 22.3 Å². The SMILES string of the molecule is COc1cc2c(cc1OC)C1(CCN(C(=O)c3cccc(-c4cn[nH]c4)c3)CC1)OCC2. The number of H-pyrrole nitrogens is 1. The van der Waals surface area contributed by atoms with Gasteiger partial charge in [-0.05, 0) is 60.2 Å². The number of likely N-dealkylation sites (tertiary alicyclic amines) is 1. The number of amides is 1. The van der Waals surface area contributed by atoms with Crippen LogP contribution in [0.1, 0.15) is 34.3 Å². The summed E-state index contributed by atoms with van der Waals surface area (Å²) in [6, 6.07) is 11.8. The Morgan fingerprint density at radius 1 is 1.09 bits per heavy atom. The molecule has 0 saturated carbocycles. The van der Waals surface area contributed by atoms with Gasteiger partial charge in [-0.2, -0.15) is 5.10 Å². The lowest BCUT2D eigenvalue weighted by Gasteiger charge is -2.45. The van der Waals surface area contributed by atoms with Gasteiger partial charge in [0.25, 0.3) is 5.91 Å². The van der Waals surface area contributed by atoms with Gasteiger partial charge < -0.3 is 19.1 Å². The highest BCUT2D eigenvalue weighted by atomic mass is 16.5. The van der Waals surface area contributed by atoms with Crippen molar-refractivity contribution in [2.24, 2.45) is 0 Å². The maximum Gasteiger partial charge on any atom is 0.253 e. The van der Waals surface area contributed by atoms with Gasteiger partial charge in [0.1, 0.15) is 0 Å². The maximum absolute atomic E-state index is 13.2. The van der Waals surface area contributed by atoms with Gasteiger partial charge in [0, 0.05) is 30.4 Å². The summed E-state index contributed by atoms with van der Waals surface area (Å²) in [6.07, 6.45) is 5.94. The fourth-order valence-electron chi connectivity index (χ4n) is 4.89. The van der Waals surface area contributed by atoms with E-state index in [1.165, 1.54) is 5.56 Å². The highest BCUT2D eigenvalue weighted by molar-refractivity contribution is 5.95. The first-order valence-electron chi connectivity index (χ1n) is 10.9. The molecule has 1 amide bonds. The summed E-state index contributed by atoms with van der Waals surface area (Å²) in [6.45, 7) is 1.95. The van der Waals surface area contributed by atoms with Crippen LogP contribution < -0.4 is 9.47 Å². The van der Waals surface area contributed by atoms with E-state index < -0.39 is 0 Å². The second-order valence-electron chi connectivity index (χ2n) is 8.32. The van der Waals surface area contributed by atoms with Gasteiger partial charge in [-0.1, -0.05) is 12.1 Å². The molecule has 0 bridgehead atoms. The smallest absolute Gasteiger partial charge is 0.253 e. The minimum atomic E-state index is -0.386. The fraction of sp³-hybridized carbons (Fsp3) is 0.360. The van der Waals surface area contributed by atoms with Crippen LogP contribution in [0.4, 0.5) is 0 Å². The number of nitrogens with one attached hydrogen (secondary N) is 1. The number of hydrogen-bond acceptors (Lipinski definition) is 5. The average molecular weight is 434 g/mol. The lowest BCUT2D eigenvalue weighted by Crippen LogP contribution is -2.48. The third kappa shape index (κ3) is 3.52. The summed E-state index contributed by atoms with van der Waals surface area (Å²) in [5.74, 6) is 1.51. The van der Waals surface area contributed by atoms with Gasteiger partial charge in [-0.15, -0.1) is 0 Å². The Bertz CT molecular complexity index is 1120. The Hall–Kier alpha value is -3.32. The van der Waals surface area contributed by atoms with Crippen LogP contribution in [0.25, 0.3) is 11.1 Å². The van der Waals surface area contributed by atoms with Gasteiger partial charge in [0.15, 0.2) is 11.5 Å². The van der Waals surface area contributed by atoms with Crippen molar-refractivity contribution >= 4 is 5.91 Å². The van der Waals surface area contributed by atoms with Crippen molar-refractivity contribution in [2.45, 2.75) is 24.9 Å². The Kier molecular flexibility index (Phi) is 5.35. The van der Waals surface area contributed by atoms with Crippen LogP contribution in [0, 0.1) is 0 Å². The van der Waals surface area contributed by atoms with Gasteiger partial charge in [0.2, 0.25) is 0 Å². The molecule has 7 nitrogen and oxygen atoms in total. The first-order valence-corrected chi connectivity index (χ1v) is 10.9. The molecular weight excluding hydrogens is 406 g/mol. The highest BCUT2D eigenvalue weighted by Gasteiger charge is 2.42. The monoisotopic (exact) mass is 433 g/mol. The van der Waals surface area contributed by atoms with E-state index in [1.807, 2.05) is 35.4 Å². The molecule has 1 N–H and O–H groups in total. The number of ether oxygens (including phenoxy) is 3. The number of carbonyl (C=O) groups excluding carboxylic acids is 1. The predicted octanol–water partition coefficient (Wildman–Crippen LogP) is 3.80. The fourth-order valence-corrected chi connectivity index (χ4v) is 4.89. The van der Waals surface area contributed by atoms with E-state index in [0.29, 0.717) is 31.0 Å². The Labute approximate surface area is 187 Å². The van der Waals surface area contributed by atoms with Crippen LogP contribution in [-0.4, -0.2) is 54.9 Å². The van der Waals surface area contributed by atoms with E-state index >= 15 is 0 Å². The summed E-state index contributed by atoms with van der Waals surface area (Å²) < 4.78 is 17.4. The molecule has 2 aliphatic heterocycles. The molecular formula is C25H27N3O4. The lowest BCUT2D eigenvalue weighted by atomic mass is 9.79. The average Bonchev–Trinajstić information content (AvgIpc) is 3.39. The van der Waals surface area contributed by atoms with Crippen LogP contribution in [-0.2, 0) is 16.8 Å². The summed E-state index contributed by atoms with van der Waals surface area (Å²) in [5, 5.41) is 6.82. The zero-order valence-electron chi connectivity index (χ0n) is 18.4. The van der Waals surface area contributed by atoms with E-state index in [1.54, 1.807) is 20.4 Å². The Morgan fingerprint density at radius 3 is 2.59 bits per heavy atom. The second-order valence-corrected chi connectivity index (χ2v) is 8.32. The van der Waals surface area contributed by atoms with E-state index in [0.717, 1.165) is 41.7 Å². The van der Waals surface area contributed by atoms with Crippen molar-refractivity contribution < 1.29 is 19.0 Å². The molecule has 1 spiro atoms. The van der Waals surface area contributed by atoms with Crippen molar-refractivity contribution in [1.82, 2.24) is 15.1 Å². The Morgan fingerprint density at radius 2 is 1.88 bits per heavy atom. The molecule has 2 aromatic carbocycles. The van der Waals surface area contributed by atoms with Crippen LogP contribution in [0.5, 0.6) is 11.5 Å². The van der Waals surface area contributed by atoms with Gasteiger partial charge in [0.05, 0.1) is 32.6 Å². The van der Waals surface area contributed by atoms with Crippen molar-refractivity contribution in [3.05, 3.63) is 65.5 Å². The van der Waals surface area contributed by atoms with Gasteiger partial charge >= 0.3 is 0 Å². The van der Waals surface area contributed by atoms with Crippen LogP contribution >= 0.6 is 0 Å². The molecule has 3 aromatic rings. The number of methoxy groups -OCH3 is 2. The first kappa shape index (κ1) is 20.6. The number of carbonyl (C=O) groups is 1. The molecule has 3 heterocycles. The Balaban J connectivity index is 1.36. The number of rotatable bonds is 4. The zero-order chi connectivity index (χ0) is 22.1. The molecule has 0 radical (unpaired) electrons. The molecule has 32 heavy (non-hydrogen) atoms. The second kappa shape index (κ2) is 8.31. The van der Waals surface area contributed by atoms with Crippen LogP contribution in [0.2, 0.25) is 0 Å². The predicted molar refractivity (Wildman–Crippen MR) is 120 cm³/mol. The van der Waals surface area contributed by atoms with Crippen LogP contribution in [0.15, 0.2) is 48.8 Å². The zero-order valence-corrected chi connectivity index (χ0v) is 18.4. The maximum atomic E-state index is 13.2. The van der Waals surface area contributed by atoms with Crippen molar-refractivity contribution in [2.75, 3.05) is 33.9 Å². The highest BCUT2D eigenvalue weighted by Crippen LogP contribution is 2.45. The minimum absolute atomic E-state index is 0.0496. The van der Waals surface area contributed by atoms with Gasteiger partial charge in [-0.3, -0.25) is 9.89 Å². The quantitative estimate of drug-likeness (QED) is 0.677. The normalized spacial score (nSPS) is 17.1. The third-order valence-electron chi connectivity index (χ3n) is 6.65. The molecule has 0 aliphatic carbocycles. The number of benzene rings is 2. The number of aromatic amines is 1. The molecule has 5 rings (SSSR count). The number of aromatic nitrogens is 2. The van der Waals surface area contributed by atoms with Crippen LogP contribution in [0.3, 0.4) is 0 Å².